The highest BCUT2D eigenvalue weighted by Gasteiger charge is 2.37. The molecule has 0 radical (unpaired) electrons. The molecule has 2 amide bonds. The number of hydrogen-bond acceptors (Lipinski definition) is 4. The summed E-state index contributed by atoms with van der Waals surface area (Å²) in [6.45, 7) is 0.168. The third-order valence-corrected chi connectivity index (χ3v) is 3.81. The Morgan fingerprint density at radius 3 is 2.75 bits per heavy atom. The molecule has 24 heavy (non-hydrogen) atoms. The number of hydrogen-bond donors (Lipinski definition) is 0. The maximum absolute atomic E-state index is 12.5. The first kappa shape index (κ1) is 15.8. The molecule has 2 aromatic carbocycles. The van der Waals surface area contributed by atoms with Gasteiger partial charge < -0.3 is 9.47 Å². The van der Waals surface area contributed by atoms with Crippen molar-refractivity contribution in [2.75, 3.05) is 13.7 Å². The molecule has 122 valence electrons. The number of nitrogens with zero attached hydrogens (tertiary/aromatic N) is 1. The number of cyclic esters (lactones) is 1. The molecule has 0 aromatic heterocycles. The Hall–Kier alpha value is -3.08. The van der Waals surface area contributed by atoms with Gasteiger partial charge in [0, 0.05) is 6.08 Å². The third-order valence-electron chi connectivity index (χ3n) is 3.81. The maximum Gasteiger partial charge on any atom is 0.417 e. The van der Waals surface area contributed by atoms with Gasteiger partial charge in [-0.15, -0.1) is 0 Å². The van der Waals surface area contributed by atoms with E-state index in [-0.39, 0.29) is 6.61 Å². The van der Waals surface area contributed by atoms with Gasteiger partial charge in [-0.25, -0.2) is 9.69 Å². The average Bonchev–Trinajstić information content (AvgIpc) is 3.02. The maximum atomic E-state index is 12.5. The molecule has 1 saturated heterocycles. The predicted octanol–water partition coefficient (Wildman–Crippen LogP) is 3.43. The monoisotopic (exact) mass is 323 g/mol. The number of imide groups is 1. The van der Waals surface area contributed by atoms with Gasteiger partial charge in [-0.3, -0.25) is 4.79 Å². The van der Waals surface area contributed by atoms with Crippen LogP contribution in [0.3, 0.4) is 0 Å². The molecule has 1 aliphatic rings. The van der Waals surface area contributed by atoms with Crippen molar-refractivity contribution < 1.29 is 19.1 Å². The number of carbonyl (C=O) groups excluding carboxylic acids is 2. The third kappa shape index (κ3) is 3.30. The number of benzene rings is 2. The smallest absolute Gasteiger partial charge is 0.417 e. The first-order valence-electron chi connectivity index (χ1n) is 7.56. The standard InChI is InChI=1S/C19H17NO4/c1-23-16-9-5-6-14(12-16)10-11-18(21)20-17(13-24-19(20)22)15-7-3-2-4-8-15/h2-12,17H,13H2,1H3. The second kappa shape index (κ2) is 7.00. The van der Waals surface area contributed by atoms with Crippen molar-refractivity contribution in [1.82, 2.24) is 4.90 Å². The molecule has 2 aromatic rings. The first-order valence-corrected chi connectivity index (χ1v) is 7.56. The van der Waals surface area contributed by atoms with Crippen LogP contribution in [0.4, 0.5) is 4.79 Å². The van der Waals surface area contributed by atoms with Crippen LogP contribution in [-0.4, -0.2) is 30.6 Å². The molecule has 0 bridgehead atoms. The van der Waals surface area contributed by atoms with Crippen LogP contribution in [0.2, 0.25) is 0 Å². The zero-order chi connectivity index (χ0) is 16.9. The molecular formula is C19H17NO4. The summed E-state index contributed by atoms with van der Waals surface area (Å²) in [6.07, 6.45) is 2.40. The molecule has 3 rings (SSSR count). The minimum absolute atomic E-state index is 0.168. The van der Waals surface area contributed by atoms with Gasteiger partial charge in [-0.2, -0.15) is 0 Å². The quantitative estimate of drug-likeness (QED) is 0.809. The Bertz CT molecular complexity index is 770. The molecule has 1 unspecified atom stereocenters. The zero-order valence-corrected chi connectivity index (χ0v) is 13.2. The van der Waals surface area contributed by atoms with E-state index in [1.807, 2.05) is 48.5 Å². The van der Waals surface area contributed by atoms with Gasteiger partial charge in [0.15, 0.2) is 0 Å². The van der Waals surface area contributed by atoms with Crippen molar-refractivity contribution in [3.63, 3.8) is 0 Å². The fourth-order valence-electron chi connectivity index (χ4n) is 2.58. The summed E-state index contributed by atoms with van der Waals surface area (Å²) in [5.74, 6) is 0.293. The summed E-state index contributed by atoms with van der Waals surface area (Å²) >= 11 is 0. The highest BCUT2D eigenvalue weighted by molar-refractivity contribution is 6.02. The van der Waals surface area contributed by atoms with Crippen molar-refractivity contribution in [2.45, 2.75) is 6.04 Å². The Balaban J connectivity index is 1.79. The van der Waals surface area contributed by atoms with Gasteiger partial charge in [0.2, 0.25) is 0 Å². The van der Waals surface area contributed by atoms with E-state index in [0.717, 1.165) is 16.0 Å². The lowest BCUT2D eigenvalue weighted by atomic mass is 10.1. The van der Waals surface area contributed by atoms with Gasteiger partial charge in [0.05, 0.1) is 7.11 Å². The topological polar surface area (TPSA) is 55.8 Å². The molecule has 1 heterocycles. The van der Waals surface area contributed by atoms with Crippen LogP contribution in [0.15, 0.2) is 60.7 Å². The summed E-state index contributed by atoms with van der Waals surface area (Å²) in [4.78, 5) is 25.6. The summed E-state index contributed by atoms with van der Waals surface area (Å²) in [5, 5.41) is 0. The Morgan fingerprint density at radius 2 is 2.00 bits per heavy atom. The SMILES string of the molecule is COc1cccc(C=CC(=O)N2C(=O)OCC2c2ccccc2)c1. The Kier molecular flexibility index (Phi) is 4.61. The van der Waals surface area contributed by atoms with E-state index in [9.17, 15) is 9.59 Å². The van der Waals surface area contributed by atoms with Crippen molar-refractivity contribution in [1.29, 1.82) is 0 Å². The van der Waals surface area contributed by atoms with Crippen molar-refractivity contribution in [3.05, 3.63) is 71.8 Å². The molecule has 1 atom stereocenters. The molecular weight excluding hydrogens is 306 g/mol. The van der Waals surface area contributed by atoms with Gasteiger partial charge in [0.25, 0.3) is 5.91 Å². The molecule has 0 spiro atoms. The van der Waals surface area contributed by atoms with Gasteiger partial charge >= 0.3 is 6.09 Å². The second-order valence-electron chi connectivity index (χ2n) is 5.32. The number of methoxy groups -OCH3 is 1. The van der Waals surface area contributed by atoms with E-state index in [1.54, 1.807) is 19.3 Å². The summed E-state index contributed by atoms with van der Waals surface area (Å²) in [6, 6.07) is 16.3. The summed E-state index contributed by atoms with van der Waals surface area (Å²) in [5.41, 5.74) is 1.68. The van der Waals surface area contributed by atoms with Gasteiger partial charge in [0.1, 0.15) is 18.4 Å². The van der Waals surface area contributed by atoms with Crippen molar-refractivity contribution in [3.8, 4) is 5.75 Å². The fraction of sp³-hybridized carbons (Fsp3) is 0.158. The number of ether oxygens (including phenoxy) is 2. The van der Waals surface area contributed by atoms with Crippen LogP contribution in [0.5, 0.6) is 5.75 Å². The van der Waals surface area contributed by atoms with Crippen molar-refractivity contribution >= 4 is 18.1 Å². The molecule has 0 N–H and O–H groups in total. The Labute approximate surface area is 140 Å². The lowest BCUT2D eigenvalue weighted by Gasteiger charge is -2.18. The van der Waals surface area contributed by atoms with Crippen LogP contribution in [0.1, 0.15) is 17.2 Å². The van der Waals surface area contributed by atoms with E-state index in [4.69, 9.17) is 9.47 Å². The van der Waals surface area contributed by atoms with E-state index in [2.05, 4.69) is 0 Å². The summed E-state index contributed by atoms with van der Waals surface area (Å²) in [7, 11) is 1.58. The van der Waals surface area contributed by atoms with Crippen LogP contribution in [0.25, 0.3) is 6.08 Å². The average molecular weight is 323 g/mol. The van der Waals surface area contributed by atoms with Gasteiger partial charge in [-0.1, -0.05) is 42.5 Å². The largest absolute Gasteiger partial charge is 0.497 e. The Morgan fingerprint density at radius 1 is 1.21 bits per heavy atom. The highest BCUT2D eigenvalue weighted by Crippen LogP contribution is 2.28. The van der Waals surface area contributed by atoms with Gasteiger partial charge in [-0.05, 0) is 29.3 Å². The molecule has 0 aliphatic carbocycles. The highest BCUT2D eigenvalue weighted by atomic mass is 16.6. The van der Waals surface area contributed by atoms with E-state index >= 15 is 0 Å². The first-order chi connectivity index (χ1) is 11.7. The normalized spacial score (nSPS) is 17.1. The van der Waals surface area contributed by atoms with E-state index in [1.165, 1.54) is 6.08 Å². The zero-order valence-electron chi connectivity index (χ0n) is 13.2. The van der Waals surface area contributed by atoms with Crippen LogP contribution in [0, 0.1) is 0 Å². The molecule has 5 nitrogen and oxygen atoms in total. The lowest BCUT2D eigenvalue weighted by molar-refractivity contribution is -0.124. The van der Waals surface area contributed by atoms with Crippen LogP contribution in [-0.2, 0) is 9.53 Å². The van der Waals surface area contributed by atoms with Crippen molar-refractivity contribution in [2.24, 2.45) is 0 Å². The molecule has 5 heteroatoms. The van der Waals surface area contributed by atoms with Crippen LogP contribution >= 0.6 is 0 Å². The van der Waals surface area contributed by atoms with Crippen LogP contribution < -0.4 is 4.74 Å². The lowest BCUT2D eigenvalue weighted by Crippen LogP contribution is -2.32. The van der Waals surface area contributed by atoms with E-state index in [0.29, 0.717) is 5.75 Å². The second-order valence-corrected chi connectivity index (χ2v) is 5.32. The number of amides is 2. The number of carbonyl (C=O) groups is 2. The molecule has 1 fully saturated rings. The van der Waals surface area contributed by atoms with E-state index < -0.39 is 18.0 Å². The minimum Gasteiger partial charge on any atom is -0.497 e. The molecule has 1 aliphatic heterocycles. The summed E-state index contributed by atoms with van der Waals surface area (Å²) < 4.78 is 10.2. The predicted molar refractivity (Wildman–Crippen MR) is 89.4 cm³/mol. The molecule has 0 saturated carbocycles. The minimum atomic E-state index is -0.621. The number of rotatable bonds is 4. The fourth-order valence-corrected chi connectivity index (χ4v) is 2.58.